The van der Waals surface area contributed by atoms with E-state index in [0.717, 1.165) is 19.8 Å². The zero-order valence-corrected chi connectivity index (χ0v) is 12.0. The summed E-state index contributed by atoms with van der Waals surface area (Å²) in [5.74, 6) is 0.698. The maximum atomic E-state index is 5.94. The molecule has 2 fully saturated rings. The Hall–Kier alpha value is -0.120. The Bertz CT molecular complexity index is 229. The van der Waals surface area contributed by atoms with Crippen LogP contribution in [0.25, 0.3) is 0 Å². The molecule has 0 bridgehead atoms. The van der Waals surface area contributed by atoms with Crippen LogP contribution in [0.2, 0.25) is 0 Å². The maximum Gasteiger partial charge on any atom is 0.0754 e. The van der Waals surface area contributed by atoms with Gasteiger partial charge >= 0.3 is 0 Å². The standard InChI is InChI=1S/C15H29NO2/c1-3-9-16-14(15-12(2)8-11-18-15)7-6-13-5-4-10-17-13/h12-16H,3-11H2,1-2H3. The zero-order chi connectivity index (χ0) is 12.8. The molecular weight excluding hydrogens is 226 g/mol. The van der Waals surface area contributed by atoms with Crippen LogP contribution >= 0.6 is 0 Å². The van der Waals surface area contributed by atoms with Gasteiger partial charge in [-0.1, -0.05) is 13.8 Å². The minimum absolute atomic E-state index is 0.415. The fourth-order valence-electron chi connectivity index (χ4n) is 3.18. The van der Waals surface area contributed by atoms with Crippen LogP contribution < -0.4 is 5.32 Å². The Kier molecular flexibility index (Phi) is 5.93. The number of hydrogen-bond acceptors (Lipinski definition) is 3. The average molecular weight is 255 g/mol. The van der Waals surface area contributed by atoms with E-state index in [9.17, 15) is 0 Å². The minimum atomic E-state index is 0.415. The Morgan fingerprint density at radius 1 is 1.22 bits per heavy atom. The molecule has 4 atom stereocenters. The van der Waals surface area contributed by atoms with Crippen molar-refractivity contribution in [3.05, 3.63) is 0 Å². The molecule has 0 aromatic rings. The van der Waals surface area contributed by atoms with Gasteiger partial charge in [-0.15, -0.1) is 0 Å². The lowest BCUT2D eigenvalue weighted by Crippen LogP contribution is -2.43. The summed E-state index contributed by atoms with van der Waals surface area (Å²) in [5.41, 5.74) is 0. The lowest BCUT2D eigenvalue weighted by atomic mass is 9.93. The van der Waals surface area contributed by atoms with Crippen LogP contribution in [0, 0.1) is 5.92 Å². The Balaban J connectivity index is 1.79. The van der Waals surface area contributed by atoms with E-state index in [1.165, 1.54) is 38.5 Å². The van der Waals surface area contributed by atoms with Crippen molar-refractivity contribution in [1.29, 1.82) is 0 Å². The molecule has 3 heteroatoms. The molecule has 0 saturated carbocycles. The molecule has 2 rings (SSSR count). The van der Waals surface area contributed by atoms with E-state index >= 15 is 0 Å². The van der Waals surface area contributed by atoms with Crippen LogP contribution in [0.15, 0.2) is 0 Å². The number of nitrogens with one attached hydrogen (secondary N) is 1. The number of ether oxygens (including phenoxy) is 2. The second kappa shape index (κ2) is 7.46. The average Bonchev–Trinajstić information content (AvgIpc) is 3.01. The molecule has 4 unspecified atom stereocenters. The molecule has 0 radical (unpaired) electrons. The minimum Gasteiger partial charge on any atom is -0.378 e. The molecule has 18 heavy (non-hydrogen) atoms. The van der Waals surface area contributed by atoms with Crippen LogP contribution in [-0.2, 0) is 9.47 Å². The van der Waals surface area contributed by atoms with Gasteiger partial charge in [-0.3, -0.25) is 0 Å². The van der Waals surface area contributed by atoms with Gasteiger partial charge in [0.15, 0.2) is 0 Å². The van der Waals surface area contributed by atoms with Crippen LogP contribution in [0.3, 0.4) is 0 Å². The largest absolute Gasteiger partial charge is 0.378 e. The summed E-state index contributed by atoms with van der Waals surface area (Å²) < 4.78 is 11.7. The monoisotopic (exact) mass is 255 g/mol. The Morgan fingerprint density at radius 2 is 2.11 bits per heavy atom. The van der Waals surface area contributed by atoms with Gasteiger partial charge in [-0.2, -0.15) is 0 Å². The third-order valence-electron chi connectivity index (χ3n) is 4.32. The van der Waals surface area contributed by atoms with Gasteiger partial charge in [0, 0.05) is 19.3 Å². The summed E-state index contributed by atoms with van der Waals surface area (Å²) in [6.07, 6.45) is 8.21. The zero-order valence-electron chi connectivity index (χ0n) is 12.0. The van der Waals surface area contributed by atoms with E-state index < -0.39 is 0 Å². The molecular formula is C15H29NO2. The van der Waals surface area contributed by atoms with E-state index in [0.29, 0.717) is 24.2 Å². The summed E-state index contributed by atoms with van der Waals surface area (Å²) in [7, 11) is 0. The van der Waals surface area contributed by atoms with Gasteiger partial charge in [-0.05, 0) is 51.0 Å². The highest BCUT2D eigenvalue weighted by molar-refractivity contribution is 4.85. The molecule has 0 spiro atoms. The number of rotatable bonds is 7. The van der Waals surface area contributed by atoms with E-state index in [4.69, 9.17) is 9.47 Å². The fraction of sp³-hybridized carbons (Fsp3) is 1.00. The third kappa shape index (κ3) is 3.94. The molecule has 3 nitrogen and oxygen atoms in total. The summed E-state index contributed by atoms with van der Waals surface area (Å²) in [4.78, 5) is 0. The molecule has 2 saturated heterocycles. The highest BCUT2D eigenvalue weighted by Gasteiger charge is 2.32. The van der Waals surface area contributed by atoms with Crippen LogP contribution in [0.4, 0.5) is 0 Å². The van der Waals surface area contributed by atoms with Gasteiger partial charge in [0.05, 0.1) is 12.2 Å². The molecule has 0 aromatic carbocycles. The van der Waals surface area contributed by atoms with Gasteiger partial charge in [0.25, 0.3) is 0 Å². The smallest absolute Gasteiger partial charge is 0.0754 e. The summed E-state index contributed by atoms with van der Waals surface area (Å²) in [5, 5.41) is 3.69. The lowest BCUT2D eigenvalue weighted by Gasteiger charge is -2.28. The van der Waals surface area contributed by atoms with Crippen molar-refractivity contribution in [2.75, 3.05) is 19.8 Å². The molecule has 2 aliphatic rings. The Morgan fingerprint density at radius 3 is 2.72 bits per heavy atom. The molecule has 2 heterocycles. The molecule has 0 aromatic heterocycles. The first-order valence-electron chi connectivity index (χ1n) is 7.78. The predicted octanol–water partition coefficient (Wildman–Crippen LogP) is 2.74. The van der Waals surface area contributed by atoms with E-state index in [1.807, 2.05) is 0 Å². The summed E-state index contributed by atoms with van der Waals surface area (Å²) in [6, 6.07) is 0.520. The summed E-state index contributed by atoms with van der Waals surface area (Å²) in [6.45, 7) is 7.56. The molecule has 106 valence electrons. The van der Waals surface area contributed by atoms with Gasteiger partial charge in [0.2, 0.25) is 0 Å². The highest BCUT2D eigenvalue weighted by Crippen LogP contribution is 2.26. The van der Waals surface area contributed by atoms with Crippen LogP contribution in [-0.4, -0.2) is 38.0 Å². The van der Waals surface area contributed by atoms with Crippen LogP contribution in [0.5, 0.6) is 0 Å². The van der Waals surface area contributed by atoms with Crippen molar-refractivity contribution in [2.45, 2.75) is 70.6 Å². The molecule has 0 aliphatic carbocycles. The second-order valence-corrected chi connectivity index (χ2v) is 5.87. The first-order chi connectivity index (χ1) is 8.81. The summed E-state index contributed by atoms with van der Waals surface area (Å²) >= 11 is 0. The lowest BCUT2D eigenvalue weighted by molar-refractivity contribution is 0.0470. The Labute approximate surface area is 112 Å². The van der Waals surface area contributed by atoms with Crippen molar-refractivity contribution in [3.63, 3.8) is 0 Å². The topological polar surface area (TPSA) is 30.5 Å². The molecule has 2 aliphatic heterocycles. The van der Waals surface area contributed by atoms with Gasteiger partial charge in [0.1, 0.15) is 0 Å². The van der Waals surface area contributed by atoms with Gasteiger partial charge in [-0.25, -0.2) is 0 Å². The maximum absolute atomic E-state index is 5.94. The predicted molar refractivity (Wildman–Crippen MR) is 73.8 cm³/mol. The van der Waals surface area contributed by atoms with Crippen molar-refractivity contribution in [1.82, 2.24) is 5.32 Å². The molecule has 1 N–H and O–H groups in total. The van der Waals surface area contributed by atoms with E-state index in [1.54, 1.807) is 0 Å². The first-order valence-corrected chi connectivity index (χ1v) is 7.78. The van der Waals surface area contributed by atoms with Crippen molar-refractivity contribution in [2.24, 2.45) is 5.92 Å². The third-order valence-corrected chi connectivity index (χ3v) is 4.32. The van der Waals surface area contributed by atoms with E-state index in [2.05, 4.69) is 19.2 Å². The molecule has 0 amide bonds. The highest BCUT2D eigenvalue weighted by atomic mass is 16.5. The van der Waals surface area contributed by atoms with Crippen molar-refractivity contribution in [3.8, 4) is 0 Å². The van der Waals surface area contributed by atoms with Crippen molar-refractivity contribution >= 4 is 0 Å². The van der Waals surface area contributed by atoms with Crippen LogP contribution in [0.1, 0.15) is 52.4 Å². The quantitative estimate of drug-likeness (QED) is 0.759. The normalized spacial score (nSPS) is 34.0. The fourth-order valence-corrected chi connectivity index (χ4v) is 3.18. The number of hydrogen-bond donors (Lipinski definition) is 1. The second-order valence-electron chi connectivity index (χ2n) is 5.87. The van der Waals surface area contributed by atoms with Crippen molar-refractivity contribution < 1.29 is 9.47 Å². The van der Waals surface area contributed by atoms with E-state index in [-0.39, 0.29) is 0 Å². The first kappa shape index (κ1) is 14.3. The van der Waals surface area contributed by atoms with Gasteiger partial charge < -0.3 is 14.8 Å². The SMILES string of the molecule is CCCNC(CCC1CCCO1)C1OCCC1C.